The predicted molar refractivity (Wildman–Crippen MR) is 108 cm³/mol. The maximum absolute atomic E-state index is 13.6. The molecule has 1 aromatic carbocycles. The molecule has 2 amide bonds. The minimum Gasteiger partial charge on any atom is -0.341 e. The summed E-state index contributed by atoms with van der Waals surface area (Å²) in [5, 5.41) is 0. The van der Waals surface area contributed by atoms with E-state index in [1.807, 2.05) is 51.9 Å². The van der Waals surface area contributed by atoms with Crippen LogP contribution in [0.4, 0.5) is 0 Å². The van der Waals surface area contributed by atoms with Crippen LogP contribution in [0.2, 0.25) is 0 Å². The summed E-state index contributed by atoms with van der Waals surface area (Å²) in [6.45, 7) is 1.95. The normalized spacial score (nSPS) is 28.4. The van der Waals surface area contributed by atoms with Gasteiger partial charge in [0.05, 0.1) is 12.0 Å². The number of amides is 2. The molecule has 0 saturated carbocycles. The maximum atomic E-state index is 13.6. The average molecular weight is 391 g/mol. The molecule has 6 heteroatoms. The highest BCUT2D eigenvalue weighted by Crippen LogP contribution is 2.41. The first kappa shape index (κ1) is 18.2. The van der Waals surface area contributed by atoms with E-state index in [9.17, 15) is 14.4 Å². The molecule has 5 rings (SSSR count). The van der Waals surface area contributed by atoms with E-state index < -0.39 is 0 Å². The van der Waals surface area contributed by atoms with Gasteiger partial charge in [-0.2, -0.15) is 0 Å². The summed E-state index contributed by atoms with van der Waals surface area (Å²) in [5.41, 5.74) is 2.09. The van der Waals surface area contributed by atoms with E-state index in [2.05, 4.69) is 0 Å². The molecule has 150 valence electrons. The highest BCUT2D eigenvalue weighted by Gasteiger charge is 2.46. The highest BCUT2D eigenvalue weighted by atomic mass is 16.2. The molecule has 3 aliphatic rings. The molecule has 4 atom stereocenters. The molecule has 0 N–H and O–H groups in total. The number of piperidine rings is 1. The highest BCUT2D eigenvalue weighted by molar-refractivity contribution is 5.90. The van der Waals surface area contributed by atoms with Crippen molar-refractivity contribution in [1.29, 1.82) is 0 Å². The van der Waals surface area contributed by atoms with Gasteiger partial charge in [-0.1, -0.05) is 36.4 Å². The number of hydrogen-bond acceptors (Lipinski definition) is 3. The number of fused-ring (bicyclic) bond motifs is 4. The molecule has 0 unspecified atom stereocenters. The number of pyridine rings is 1. The van der Waals surface area contributed by atoms with Gasteiger partial charge in [0.25, 0.3) is 5.56 Å². The van der Waals surface area contributed by atoms with Crippen molar-refractivity contribution in [2.24, 2.45) is 11.8 Å². The third kappa shape index (κ3) is 2.98. The summed E-state index contributed by atoms with van der Waals surface area (Å²) < 4.78 is 1.88. The zero-order valence-electron chi connectivity index (χ0n) is 16.5. The number of aromatic nitrogens is 1. The van der Waals surface area contributed by atoms with Crippen molar-refractivity contribution in [2.45, 2.75) is 31.3 Å². The number of carbonyl (C=O) groups is 2. The van der Waals surface area contributed by atoms with Gasteiger partial charge in [0.2, 0.25) is 11.8 Å². The van der Waals surface area contributed by atoms with Gasteiger partial charge in [-0.3, -0.25) is 14.4 Å². The lowest BCUT2D eigenvalue weighted by Crippen LogP contribution is -2.51. The van der Waals surface area contributed by atoms with Crippen LogP contribution in [0.3, 0.4) is 0 Å². The molecule has 2 aromatic rings. The molecule has 0 aliphatic carbocycles. The number of likely N-dealkylation sites (tertiary alicyclic amines) is 2. The van der Waals surface area contributed by atoms with E-state index in [1.165, 1.54) is 0 Å². The Labute approximate surface area is 169 Å². The first-order valence-electron chi connectivity index (χ1n) is 10.3. The lowest BCUT2D eigenvalue weighted by molar-refractivity contribution is -0.139. The van der Waals surface area contributed by atoms with Gasteiger partial charge in [0, 0.05) is 50.8 Å². The molecule has 0 spiro atoms. The largest absolute Gasteiger partial charge is 0.341 e. The SMILES string of the molecule is CN1C(=O)C[C@@H](C(=O)N2C[C@@H]3C[C@H](C2)c2cccc(=O)n2C3)[C@H]1c1ccccc1. The molecule has 0 radical (unpaired) electrons. The van der Waals surface area contributed by atoms with Crippen molar-refractivity contribution >= 4 is 11.8 Å². The van der Waals surface area contributed by atoms with Crippen LogP contribution < -0.4 is 5.56 Å². The standard InChI is InChI=1S/C23H25N3O3/c1-24-21(28)11-18(22(24)16-6-3-2-4-7-16)23(29)25-12-15-10-17(14-25)19-8-5-9-20(27)26(19)13-15/h2-9,15,17-18,22H,10-14H2,1H3/t15-,17+,18+,22+/m0/s1. The number of benzene rings is 1. The molecule has 29 heavy (non-hydrogen) atoms. The lowest BCUT2D eigenvalue weighted by Gasteiger charge is -2.43. The first-order valence-corrected chi connectivity index (χ1v) is 10.3. The quantitative estimate of drug-likeness (QED) is 0.787. The van der Waals surface area contributed by atoms with Gasteiger partial charge in [-0.15, -0.1) is 0 Å². The number of hydrogen-bond donors (Lipinski definition) is 0. The Morgan fingerprint density at radius 1 is 0.966 bits per heavy atom. The van der Waals surface area contributed by atoms with E-state index in [4.69, 9.17) is 0 Å². The van der Waals surface area contributed by atoms with Crippen LogP contribution >= 0.6 is 0 Å². The van der Waals surface area contributed by atoms with Gasteiger partial charge < -0.3 is 14.4 Å². The van der Waals surface area contributed by atoms with Crippen LogP contribution in [0.15, 0.2) is 53.3 Å². The van der Waals surface area contributed by atoms with Crippen molar-refractivity contribution in [3.8, 4) is 0 Å². The zero-order chi connectivity index (χ0) is 20.1. The van der Waals surface area contributed by atoms with Gasteiger partial charge in [-0.25, -0.2) is 0 Å². The van der Waals surface area contributed by atoms with Gasteiger partial charge >= 0.3 is 0 Å². The van der Waals surface area contributed by atoms with Gasteiger partial charge in [0.15, 0.2) is 0 Å². The topological polar surface area (TPSA) is 62.6 Å². The van der Waals surface area contributed by atoms with Gasteiger partial charge in [-0.05, 0) is 24.0 Å². The lowest BCUT2D eigenvalue weighted by atomic mass is 9.82. The Kier molecular flexibility index (Phi) is 4.30. The summed E-state index contributed by atoms with van der Waals surface area (Å²) in [5.74, 6) is 0.205. The Bertz CT molecular complexity index is 1020. The van der Waals surface area contributed by atoms with Crippen molar-refractivity contribution in [1.82, 2.24) is 14.4 Å². The molecular weight excluding hydrogens is 366 g/mol. The van der Waals surface area contributed by atoms with E-state index in [1.54, 1.807) is 18.0 Å². The molecule has 4 heterocycles. The molecular formula is C23H25N3O3. The monoisotopic (exact) mass is 391 g/mol. The van der Waals surface area contributed by atoms with Crippen LogP contribution in [0.1, 0.15) is 36.1 Å². The van der Waals surface area contributed by atoms with Crippen LogP contribution in [-0.4, -0.2) is 46.3 Å². The summed E-state index contributed by atoms with van der Waals surface area (Å²) in [7, 11) is 1.79. The van der Waals surface area contributed by atoms with Crippen LogP contribution in [0, 0.1) is 11.8 Å². The van der Waals surface area contributed by atoms with E-state index in [0.717, 1.165) is 17.7 Å². The first-order chi connectivity index (χ1) is 14.0. The molecule has 2 saturated heterocycles. The van der Waals surface area contributed by atoms with Crippen molar-refractivity contribution < 1.29 is 9.59 Å². The molecule has 3 aliphatic heterocycles. The Morgan fingerprint density at radius 2 is 1.76 bits per heavy atom. The Morgan fingerprint density at radius 3 is 2.55 bits per heavy atom. The zero-order valence-corrected chi connectivity index (χ0v) is 16.5. The smallest absolute Gasteiger partial charge is 0.250 e. The van der Waals surface area contributed by atoms with Crippen molar-refractivity contribution in [3.63, 3.8) is 0 Å². The second kappa shape index (κ2) is 6.87. The summed E-state index contributed by atoms with van der Waals surface area (Å²) in [4.78, 5) is 41.9. The predicted octanol–water partition coefficient (Wildman–Crippen LogP) is 2.01. The number of rotatable bonds is 2. The molecule has 2 bridgehead atoms. The van der Waals surface area contributed by atoms with E-state index >= 15 is 0 Å². The average Bonchev–Trinajstić information content (AvgIpc) is 3.03. The van der Waals surface area contributed by atoms with Gasteiger partial charge in [0.1, 0.15) is 0 Å². The van der Waals surface area contributed by atoms with Crippen LogP contribution in [0.25, 0.3) is 0 Å². The fourth-order valence-corrected chi connectivity index (χ4v) is 5.51. The fourth-order valence-electron chi connectivity index (χ4n) is 5.51. The maximum Gasteiger partial charge on any atom is 0.250 e. The third-order valence-corrected chi connectivity index (χ3v) is 6.84. The summed E-state index contributed by atoms with van der Waals surface area (Å²) in [6.07, 6.45) is 1.27. The van der Waals surface area contributed by atoms with Crippen LogP contribution in [-0.2, 0) is 16.1 Å². The van der Waals surface area contributed by atoms with Crippen LogP contribution in [0.5, 0.6) is 0 Å². The molecule has 1 aromatic heterocycles. The fraction of sp³-hybridized carbons (Fsp3) is 0.435. The van der Waals surface area contributed by atoms with E-state index in [-0.39, 0.29) is 47.6 Å². The summed E-state index contributed by atoms with van der Waals surface area (Å²) in [6, 6.07) is 15.1. The second-order valence-electron chi connectivity index (χ2n) is 8.61. The minimum atomic E-state index is -0.355. The number of carbonyl (C=O) groups excluding carboxylic acids is 2. The number of nitrogens with zero attached hydrogens (tertiary/aromatic N) is 3. The van der Waals surface area contributed by atoms with Crippen molar-refractivity contribution in [2.75, 3.05) is 20.1 Å². The Hall–Kier alpha value is -2.89. The minimum absolute atomic E-state index is 0.0197. The second-order valence-corrected chi connectivity index (χ2v) is 8.61. The van der Waals surface area contributed by atoms with Crippen molar-refractivity contribution in [3.05, 3.63) is 70.1 Å². The third-order valence-electron chi connectivity index (χ3n) is 6.84. The Balaban J connectivity index is 1.42. The molecule has 6 nitrogen and oxygen atoms in total. The summed E-state index contributed by atoms with van der Waals surface area (Å²) >= 11 is 0. The van der Waals surface area contributed by atoms with E-state index in [0.29, 0.717) is 19.6 Å². The molecule has 2 fully saturated rings.